The number of rotatable bonds is 5. The number of hydrogen-bond donors (Lipinski definition) is 1. The lowest BCUT2D eigenvalue weighted by atomic mass is 9.49. The normalized spacial score (nSPS) is 41.5. The third-order valence-electron chi connectivity index (χ3n) is 8.09. The van der Waals surface area contributed by atoms with Gasteiger partial charge in [-0.3, -0.25) is 0 Å². The zero-order chi connectivity index (χ0) is 21.9. The van der Waals surface area contributed by atoms with E-state index in [0.717, 1.165) is 44.9 Å². The van der Waals surface area contributed by atoms with Crippen molar-refractivity contribution in [2.24, 2.45) is 17.3 Å². The molecule has 1 radical (unpaired) electrons. The Labute approximate surface area is 182 Å². The molecular formula is C22H29BO4PS. The van der Waals surface area contributed by atoms with E-state index in [0.29, 0.717) is 37.2 Å². The van der Waals surface area contributed by atoms with Gasteiger partial charge in [0, 0.05) is 17.8 Å². The van der Waals surface area contributed by atoms with Gasteiger partial charge in [-0.25, -0.2) is 0 Å². The lowest BCUT2D eigenvalue weighted by Gasteiger charge is -2.58. The molecule has 155 valence electrons. The van der Waals surface area contributed by atoms with Crippen molar-refractivity contribution in [2.75, 3.05) is 13.2 Å². The number of hydrogen-bond acceptors (Lipinski definition) is 5. The van der Waals surface area contributed by atoms with Crippen LogP contribution in [-0.4, -0.2) is 39.9 Å². The van der Waals surface area contributed by atoms with Gasteiger partial charge in [0.15, 0.2) is 5.79 Å². The van der Waals surface area contributed by atoms with Crippen LogP contribution in [-0.2, 0) is 15.9 Å². The number of aryl methyl sites for hydroxylation is 1. The van der Waals surface area contributed by atoms with E-state index in [-0.39, 0.29) is 11.3 Å². The average molecular weight is 434 g/mol. The molecule has 1 aromatic carbocycles. The van der Waals surface area contributed by atoms with Gasteiger partial charge in [0.1, 0.15) is 13.3 Å². The predicted molar refractivity (Wildman–Crippen MR) is 120 cm³/mol. The van der Waals surface area contributed by atoms with Gasteiger partial charge >= 0.3 is 0 Å². The SMILES string of the molecule is [2H]P([B][3H])SOc1ccc2c(c1)CCC1C3CCC4(OCCO4)C3(C)C[C@@](O)(C=C)C21. The predicted octanol–water partition coefficient (Wildman–Crippen LogP) is 4.25. The molecule has 29 heavy (non-hydrogen) atoms. The van der Waals surface area contributed by atoms with Crippen LogP contribution in [0.5, 0.6) is 5.75 Å². The molecule has 0 amide bonds. The fraction of sp³-hybridized carbons (Fsp3) is 0.636. The Morgan fingerprint density at radius 2 is 2.31 bits per heavy atom. The Hall–Kier alpha value is -0.515. The van der Waals surface area contributed by atoms with Crippen LogP contribution < -0.4 is 4.18 Å². The van der Waals surface area contributed by atoms with Crippen molar-refractivity contribution in [1.29, 1.82) is 2.61 Å². The third-order valence-corrected chi connectivity index (χ3v) is 8.92. The molecule has 7 heteroatoms. The van der Waals surface area contributed by atoms with Crippen LogP contribution >= 0.6 is 19.3 Å². The fourth-order valence-corrected chi connectivity index (χ4v) is 7.64. The standard InChI is InChI=1S/C22H29BO4PS/c1-3-21(24)13-20(2)18(8-9-22(20)25-10-11-26-22)17-6-4-14-12-15(27-29-28-23)5-7-16(14)19(17)21/h3,5,7,12,17-19,23-24,28H,1,4,6,8-11,13H2,2H3/t17?,18?,19?,20?,21-,28?/m0/s1/i23T,28D. The molecule has 1 aliphatic heterocycles. The molecule has 0 aromatic heterocycles. The first-order valence-corrected chi connectivity index (χ1v) is 12.8. The van der Waals surface area contributed by atoms with E-state index in [1.165, 1.54) is 11.1 Å². The first-order chi connectivity index (χ1) is 14.9. The van der Waals surface area contributed by atoms with Gasteiger partial charge in [-0.15, -0.1) is 6.58 Å². The lowest BCUT2D eigenvalue weighted by Crippen LogP contribution is -2.59. The molecule has 1 spiro atoms. The van der Waals surface area contributed by atoms with Crippen molar-refractivity contribution in [3.05, 3.63) is 42.0 Å². The summed E-state index contributed by atoms with van der Waals surface area (Å²) in [6.45, 7) is 7.57. The van der Waals surface area contributed by atoms with E-state index in [2.05, 4.69) is 19.6 Å². The summed E-state index contributed by atoms with van der Waals surface area (Å²) in [5.41, 5.74) is 1.13. The van der Waals surface area contributed by atoms with Gasteiger partial charge < -0.3 is 18.8 Å². The van der Waals surface area contributed by atoms with Crippen LogP contribution in [0.25, 0.3) is 0 Å². The van der Waals surface area contributed by atoms with E-state index < -0.39 is 19.0 Å². The highest BCUT2D eigenvalue weighted by Crippen LogP contribution is 2.68. The Morgan fingerprint density at radius 3 is 3.07 bits per heavy atom. The molecule has 3 aliphatic carbocycles. The number of benzene rings is 1. The van der Waals surface area contributed by atoms with E-state index >= 15 is 0 Å². The summed E-state index contributed by atoms with van der Waals surface area (Å²) >= 11 is 1.02. The largest absolute Gasteiger partial charge is 0.423 e. The van der Waals surface area contributed by atoms with Crippen LogP contribution in [0.15, 0.2) is 30.9 Å². The maximum Gasteiger partial charge on any atom is 0.174 e. The molecular weight excluding hydrogens is 402 g/mol. The number of ether oxygens (including phenoxy) is 2. The summed E-state index contributed by atoms with van der Waals surface area (Å²) < 4.78 is 33.0. The van der Waals surface area contributed by atoms with Crippen LogP contribution in [0.1, 0.15) is 49.7 Å². The summed E-state index contributed by atoms with van der Waals surface area (Å²) in [7, 11) is -0.245. The second-order valence-corrected chi connectivity index (χ2v) is 10.8. The molecule has 1 saturated heterocycles. The first-order valence-electron chi connectivity index (χ1n) is 11.5. The topological polar surface area (TPSA) is 47.9 Å². The van der Waals surface area contributed by atoms with Crippen molar-refractivity contribution in [2.45, 2.75) is 56.3 Å². The van der Waals surface area contributed by atoms with Gasteiger partial charge in [-0.2, -0.15) is 0 Å². The summed E-state index contributed by atoms with van der Waals surface area (Å²) in [5.74, 6) is 0.925. The highest BCUT2D eigenvalue weighted by molar-refractivity contribution is 8.53. The van der Waals surface area contributed by atoms with Crippen molar-refractivity contribution in [3.63, 3.8) is 0 Å². The Morgan fingerprint density at radius 1 is 1.48 bits per heavy atom. The van der Waals surface area contributed by atoms with Crippen molar-refractivity contribution < 1.29 is 18.8 Å². The van der Waals surface area contributed by atoms with Gasteiger partial charge in [0.05, 0.1) is 31.8 Å². The van der Waals surface area contributed by atoms with Crippen LogP contribution in [0.4, 0.5) is 0 Å². The Balaban J connectivity index is 1.48. The fourth-order valence-electron chi connectivity index (χ4n) is 7.02. The maximum atomic E-state index is 11.9. The quantitative estimate of drug-likeness (QED) is 0.325. The smallest absolute Gasteiger partial charge is 0.174 e. The Bertz CT molecular complexity index is 872. The molecule has 3 fully saturated rings. The second-order valence-electron chi connectivity index (χ2n) is 9.19. The average Bonchev–Trinajstić information content (AvgIpc) is 3.37. The van der Waals surface area contributed by atoms with Gasteiger partial charge in [0.2, 0.25) is 0 Å². The maximum absolute atomic E-state index is 11.9. The highest BCUT2D eigenvalue weighted by atomic mass is 32.7. The number of fused-ring (bicyclic) bond motifs is 6. The van der Waals surface area contributed by atoms with Crippen LogP contribution in [0.2, 0.25) is 0 Å². The molecule has 5 unspecified atom stereocenters. The Kier molecular flexibility index (Phi) is 4.54. The van der Waals surface area contributed by atoms with Crippen molar-refractivity contribution in [3.8, 4) is 5.75 Å². The van der Waals surface area contributed by atoms with E-state index in [4.69, 9.17) is 16.3 Å². The summed E-state index contributed by atoms with van der Waals surface area (Å²) in [6.07, 6.45) is 6.24. The first kappa shape index (κ1) is 18.1. The van der Waals surface area contributed by atoms with Gasteiger partial charge in [-0.1, -0.05) is 26.7 Å². The lowest BCUT2D eigenvalue weighted by molar-refractivity contribution is -0.254. The molecule has 4 aliphatic rings. The molecule has 1 N–H and O–H groups in total. The summed E-state index contributed by atoms with van der Waals surface area (Å²) in [4.78, 5) is 0. The molecule has 5 rings (SSSR count). The van der Waals surface area contributed by atoms with Crippen LogP contribution in [0.3, 0.4) is 0 Å². The monoisotopic (exact) mass is 434 g/mol. The summed E-state index contributed by atoms with van der Waals surface area (Å²) in [5, 5.41) is 11.9. The minimum absolute atomic E-state index is 0.0000418. The van der Waals surface area contributed by atoms with Crippen molar-refractivity contribution in [1.82, 2.24) is 0 Å². The third kappa shape index (κ3) is 2.90. The van der Waals surface area contributed by atoms with E-state index in [9.17, 15) is 5.11 Å². The zero-order valence-corrected chi connectivity index (χ0v) is 18.5. The molecule has 0 bridgehead atoms. The minimum atomic E-state index is -1.35. The molecule has 1 aromatic rings. The molecule has 4 nitrogen and oxygen atoms in total. The minimum Gasteiger partial charge on any atom is -0.423 e. The molecule has 6 atom stereocenters. The highest BCUT2D eigenvalue weighted by Gasteiger charge is 2.69. The van der Waals surface area contributed by atoms with E-state index in [1.54, 1.807) is 6.08 Å². The van der Waals surface area contributed by atoms with Gasteiger partial charge in [-0.05, 0) is 62.1 Å². The second kappa shape index (κ2) is 7.27. The molecule has 1 heterocycles. The number of aliphatic hydroxyl groups is 1. The van der Waals surface area contributed by atoms with Crippen LogP contribution in [0, 0.1) is 17.3 Å². The van der Waals surface area contributed by atoms with Crippen molar-refractivity contribution >= 4 is 26.8 Å². The zero-order valence-electron chi connectivity index (χ0n) is 18.8. The summed E-state index contributed by atoms with van der Waals surface area (Å²) in [6, 6.07) is 6.06. The van der Waals surface area contributed by atoms with Gasteiger partial charge in [0.25, 0.3) is 0 Å². The molecule has 2 saturated carbocycles. The van der Waals surface area contributed by atoms with E-state index in [1.807, 2.05) is 12.1 Å².